The maximum atomic E-state index is 12.1. The lowest BCUT2D eigenvalue weighted by atomic mass is 10.2. The fourth-order valence-corrected chi connectivity index (χ4v) is 2.42. The van der Waals surface area contributed by atoms with Crippen LogP contribution in [0.4, 0.5) is 0 Å². The van der Waals surface area contributed by atoms with Gasteiger partial charge in [-0.05, 0) is 35.9 Å². The van der Waals surface area contributed by atoms with Gasteiger partial charge >= 0.3 is 5.97 Å². The summed E-state index contributed by atoms with van der Waals surface area (Å²) in [4.78, 5) is 24.0. The van der Waals surface area contributed by atoms with Crippen LogP contribution < -0.4 is 14.8 Å². The van der Waals surface area contributed by atoms with E-state index in [2.05, 4.69) is 20.7 Å². The highest BCUT2D eigenvalue weighted by Gasteiger charge is 2.12. The largest absolute Gasteiger partial charge is 0.493 e. The van der Waals surface area contributed by atoms with E-state index < -0.39 is 11.9 Å². The Balaban J connectivity index is 1.51. The quantitative estimate of drug-likeness (QED) is 0.605. The number of aromatic nitrogens is 3. The normalized spacial score (nSPS) is 10.4. The number of amides is 1. The van der Waals surface area contributed by atoms with Crippen molar-refractivity contribution in [3.63, 3.8) is 0 Å². The zero-order valence-electron chi connectivity index (χ0n) is 14.8. The minimum atomic E-state index is -0.610. The Morgan fingerprint density at radius 1 is 1.00 bits per heavy atom. The number of rotatable bonds is 7. The van der Waals surface area contributed by atoms with Gasteiger partial charge in [0.1, 0.15) is 11.0 Å². The summed E-state index contributed by atoms with van der Waals surface area (Å²) in [5, 5.41) is 13.0. The minimum absolute atomic E-state index is 0.266. The van der Waals surface area contributed by atoms with E-state index in [9.17, 15) is 9.59 Å². The highest BCUT2D eigenvalue weighted by molar-refractivity contribution is 5.94. The molecule has 0 unspecified atom stereocenters. The third kappa shape index (κ3) is 4.32. The van der Waals surface area contributed by atoms with E-state index >= 15 is 0 Å². The molecule has 0 aliphatic heterocycles. The van der Waals surface area contributed by atoms with Gasteiger partial charge in [0.05, 0.1) is 19.8 Å². The molecule has 3 aromatic rings. The number of carbonyl (C=O) groups is 2. The standard InChI is InChI=1S/C18H18N4O5/c1-25-15-6-3-11(7-16(15)26-2)9-19-17(23)10-27-18(24)12-4-5-13-14(8-12)21-22-20-13/h3-8H,9-10H2,1-2H3,(H,19,23)(H,20,21,22). The zero-order chi connectivity index (χ0) is 19.2. The number of hydrogen-bond acceptors (Lipinski definition) is 7. The molecule has 0 bridgehead atoms. The van der Waals surface area contributed by atoms with Crippen LogP contribution in [0.1, 0.15) is 15.9 Å². The van der Waals surface area contributed by atoms with Gasteiger partial charge in [-0.1, -0.05) is 6.07 Å². The lowest BCUT2D eigenvalue weighted by Crippen LogP contribution is -2.28. The van der Waals surface area contributed by atoms with Crippen LogP contribution in [0.2, 0.25) is 0 Å². The maximum absolute atomic E-state index is 12.1. The number of nitrogens with one attached hydrogen (secondary N) is 2. The molecule has 1 aromatic heterocycles. The summed E-state index contributed by atoms with van der Waals surface area (Å²) >= 11 is 0. The first kappa shape index (κ1) is 18.2. The van der Waals surface area contributed by atoms with Crippen LogP contribution in [-0.2, 0) is 16.1 Å². The molecule has 0 aliphatic carbocycles. The van der Waals surface area contributed by atoms with Crippen LogP contribution in [0.15, 0.2) is 36.4 Å². The van der Waals surface area contributed by atoms with Crippen molar-refractivity contribution in [1.29, 1.82) is 0 Å². The predicted octanol–water partition coefficient (Wildman–Crippen LogP) is 1.45. The van der Waals surface area contributed by atoms with Gasteiger partial charge in [-0.15, -0.1) is 0 Å². The number of H-pyrrole nitrogens is 1. The average molecular weight is 370 g/mol. The molecule has 0 aliphatic rings. The second-order valence-corrected chi connectivity index (χ2v) is 5.57. The number of carbonyl (C=O) groups excluding carboxylic acids is 2. The lowest BCUT2D eigenvalue weighted by molar-refractivity contribution is -0.124. The summed E-state index contributed by atoms with van der Waals surface area (Å²) in [6.45, 7) is -0.120. The van der Waals surface area contributed by atoms with Crippen molar-refractivity contribution in [2.24, 2.45) is 0 Å². The molecule has 0 spiro atoms. The van der Waals surface area contributed by atoms with Gasteiger partial charge in [-0.2, -0.15) is 15.4 Å². The van der Waals surface area contributed by atoms with E-state index in [1.165, 1.54) is 7.11 Å². The topological polar surface area (TPSA) is 115 Å². The van der Waals surface area contributed by atoms with Crippen molar-refractivity contribution < 1.29 is 23.8 Å². The molecule has 1 heterocycles. The second-order valence-electron chi connectivity index (χ2n) is 5.57. The summed E-state index contributed by atoms with van der Waals surface area (Å²) in [6, 6.07) is 10.1. The van der Waals surface area contributed by atoms with Crippen LogP contribution in [-0.4, -0.2) is 48.1 Å². The number of esters is 1. The number of aromatic amines is 1. The van der Waals surface area contributed by atoms with Gasteiger partial charge in [0.2, 0.25) is 0 Å². The molecule has 0 radical (unpaired) electrons. The number of benzene rings is 2. The van der Waals surface area contributed by atoms with Crippen molar-refractivity contribution in [3.05, 3.63) is 47.5 Å². The molecule has 0 saturated carbocycles. The van der Waals surface area contributed by atoms with Crippen molar-refractivity contribution in [1.82, 2.24) is 20.7 Å². The smallest absolute Gasteiger partial charge is 0.338 e. The minimum Gasteiger partial charge on any atom is -0.493 e. The Bertz CT molecular complexity index is 969. The first-order chi connectivity index (χ1) is 13.1. The Morgan fingerprint density at radius 2 is 1.78 bits per heavy atom. The van der Waals surface area contributed by atoms with Crippen LogP contribution in [0.3, 0.4) is 0 Å². The van der Waals surface area contributed by atoms with Crippen LogP contribution in [0.5, 0.6) is 11.5 Å². The summed E-state index contributed by atoms with van der Waals surface area (Å²) < 4.78 is 15.4. The van der Waals surface area contributed by atoms with Gasteiger partial charge in [0.25, 0.3) is 5.91 Å². The Kier molecular flexibility index (Phi) is 5.50. The van der Waals surface area contributed by atoms with Crippen molar-refractivity contribution >= 4 is 22.9 Å². The molecule has 0 fully saturated rings. The van der Waals surface area contributed by atoms with Gasteiger partial charge in [-0.25, -0.2) is 4.79 Å². The Hall–Kier alpha value is -3.62. The molecule has 3 rings (SSSR count). The Morgan fingerprint density at radius 3 is 2.56 bits per heavy atom. The number of fused-ring (bicyclic) bond motifs is 1. The summed E-state index contributed by atoms with van der Waals surface area (Å²) in [6.07, 6.45) is 0. The molecule has 2 aromatic carbocycles. The molecule has 9 heteroatoms. The van der Waals surface area contributed by atoms with Crippen molar-refractivity contribution in [3.8, 4) is 11.5 Å². The molecular formula is C18H18N4O5. The molecule has 9 nitrogen and oxygen atoms in total. The second kappa shape index (κ2) is 8.17. The third-order valence-corrected chi connectivity index (χ3v) is 3.82. The van der Waals surface area contributed by atoms with Gasteiger partial charge < -0.3 is 19.5 Å². The molecule has 1 amide bonds. The van der Waals surface area contributed by atoms with E-state index in [1.807, 2.05) is 0 Å². The van der Waals surface area contributed by atoms with Gasteiger partial charge in [-0.3, -0.25) is 4.79 Å². The molecule has 0 saturated heterocycles. The van der Waals surface area contributed by atoms with Crippen molar-refractivity contribution in [2.45, 2.75) is 6.54 Å². The maximum Gasteiger partial charge on any atom is 0.338 e. The van der Waals surface area contributed by atoms with E-state index in [1.54, 1.807) is 43.5 Å². The number of nitrogens with zero attached hydrogens (tertiary/aromatic N) is 2. The lowest BCUT2D eigenvalue weighted by Gasteiger charge is -2.10. The highest BCUT2D eigenvalue weighted by atomic mass is 16.5. The molecule has 2 N–H and O–H groups in total. The van der Waals surface area contributed by atoms with Gasteiger partial charge in [0, 0.05) is 6.54 Å². The number of methoxy groups -OCH3 is 2. The molecule has 27 heavy (non-hydrogen) atoms. The van der Waals surface area contributed by atoms with Crippen LogP contribution in [0.25, 0.3) is 11.0 Å². The van der Waals surface area contributed by atoms with E-state index in [0.717, 1.165) is 5.56 Å². The zero-order valence-corrected chi connectivity index (χ0v) is 14.8. The summed E-state index contributed by atoms with van der Waals surface area (Å²) in [5.74, 6) is 0.145. The van der Waals surface area contributed by atoms with Crippen LogP contribution in [0, 0.1) is 0 Å². The average Bonchev–Trinajstić information content (AvgIpc) is 3.17. The Labute approximate surface area is 154 Å². The van der Waals surface area contributed by atoms with E-state index in [0.29, 0.717) is 28.1 Å². The molecule has 140 valence electrons. The monoisotopic (exact) mass is 370 g/mol. The molecular weight excluding hydrogens is 352 g/mol. The van der Waals surface area contributed by atoms with E-state index in [4.69, 9.17) is 14.2 Å². The fraction of sp³-hybridized carbons (Fsp3) is 0.222. The van der Waals surface area contributed by atoms with Crippen LogP contribution >= 0.6 is 0 Å². The SMILES string of the molecule is COc1ccc(CNC(=O)COC(=O)c2ccc3n[nH]nc3c2)cc1OC. The van der Waals surface area contributed by atoms with Gasteiger partial charge in [0.15, 0.2) is 18.1 Å². The van der Waals surface area contributed by atoms with Crippen molar-refractivity contribution in [2.75, 3.05) is 20.8 Å². The number of hydrogen-bond donors (Lipinski definition) is 2. The first-order valence-electron chi connectivity index (χ1n) is 8.06. The third-order valence-electron chi connectivity index (χ3n) is 3.82. The fourth-order valence-electron chi connectivity index (χ4n) is 2.42. The summed E-state index contributed by atoms with van der Waals surface area (Å²) in [7, 11) is 3.09. The molecule has 0 atom stereocenters. The number of ether oxygens (including phenoxy) is 3. The summed E-state index contributed by atoms with van der Waals surface area (Å²) in [5.41, 5.74) is 2.30. The predicted molar refractivity (Wildman–Crippen MR) is 95.6 cm³/mol. The highest BCUT2D eigenvalue weighted by Crippen LogP contribution is 2.27. The van der Waals surface area contributed by atoms with E-state index in [-0.39, 0.29) is 13.2 Å². The first-order valence-corrected chi connectivity index (χ1v) is 8.06.